The van der Waals surface area contributed by atoms with E-state index in [1.54, 1.807) is 0 Å². The Labute approximate surface area is 179 Å². The third kappa shape index (κ3) is 7.23. The van der Waals surface area contributed by atoms with Crippen molar-refractivity contribution < 1.29 is 9.47 Å². The molecule has 0 aliphatic carbocycles. The molecule has 3 heterocycles. The number of aliphatic imine (C=N–C) groups is 1. The summed E-state index contributed by atoms with van der Waals surface area (Å²) in [4.78, 5) is 7.13. The molecule has 0 radical (unpaired) electrons. The molecule has 2 atom stereocenters. The first-order valence-corrected chi connectivity index (χ1v) is 9.94. The zero-order valence-corrected chi connectivity index (χ0v) is 18.9. The Morgan fingerprint density at radius 1 is 1.44 bits per heavy atom. The fraction of sp³-hybridized carbons (Fsp3) is 0.789. The second-order valence-electron chi connectivity index (χ2n) is 7.27. The topological polar surface area (TPSA) is 63.9 Å². The summed E-state index contributed by atoms with van der Waals surface area (Å²) in [6.45, 7) is 8.05. The van der Waals surface area contributed by atoms with E-state index in [9.17, 15) is 0 Å². The van der Waals surface area contributed by atoms with Gasteiger partial charge in [-0.15, -0.1) is 24.0 Å². The molecule has 2 saturated heterocycles. The Hall–Kier alpha value is -0.870. The van der Waals surface area contributed by atoms with Crippen molar-refractivity contribution in [3.63, 3.8) is 0 Å². The SMILES string of the molecule is CCNC(=NCCOCC1CCCO1)N1CCC(Cc2cnn(C)c2)C1.I. The largest absolute Gasteiger partial charge is 0.377 e. The molecule has 7 nitrogen and oxygen atoms in total. The first-order valence-electron chi connectivity index (χ1n) is 9.94. The number of likely N-dealkylation sites (tertiary alicyclic amines) is 1. The molecule has 2 aliphatic heterocycles. The third-order valence-electron chi connectivity index (χ3n) is 5.03. The van der Waals surface area contributed by atoms with Crippen molar-refractivity contribution in [3.05, 3.63) is 18.0 Å². The second-order valence-corrected chi connectivity index (χ2v) is 7.27. The van der Waals surface area contributed by atoms with Gasteiger partial charge in [-0.3, -0.25) is 9.67 Å². The molecule has 1 aromatic rings. The second kappa shape index (κ2) is 11.9. The van der Waals surface area contributed by atoms with Crippen LogP contribution >= 0.6 is 24.0 Å². The summed E-state index contributed by atoms with van der Waals surface area (Å²) in [5.41, 5.74) is 1.32. The van der Waals surface area contributed by atoms with Gasteiger partial charge in [-0.2, -0.15) is 5.10 Å². The zero-order valence-electron chi connectivity index (χ0n) is 16.6. The van der Waals surface area contributed by atoms with E-state index >= 15 is 0 Å². The number of nitrogens with zero attached hydrogens (tertiary/aromatic N) is 4. The molecule has 3 rings (SSSR count). The highest BCUT2D eigenvalue weighted by molar-refractivity contribution is 14.0. The van der Waals surface area contributed by atoms with Crippen LogP contribution in [0.3, 0.4) is 0 Å². The Balaban J connectivity index is 0.00000261. The van der Waals surface area contributed by atoms with Gasteiger partial charge in [0, 0.05) is 39.5 Å². The molecule has 2 aliphatic rings. The van der Waals surface area contributed by atoms with Crippen LogP contribution in [-0.4, -0.2) is 72.7 Å². The van der Waals surface area contributed by atoms with E-state index in [1.807, 2.05) is 17.9 Å². The highest BCUT2D eigenvalue weighted by Gasteiger charge is 2.25. The average molecular weight is 491 g/mol. The van der Waals surface area contributed by atoms with Crippen LogP contribution in [0.15, 0.2) is 17.4 Å². The number of rotatable bonds is 8. The highest BCUT2D eigenvalue weighted by Crippen LogP contribution is 2.20. The number of halogens is 1. The summed E-state index contributed by atoms with van der Waals surface area (Å²) < 4.78 is 13.2. The first kappa shape index (κ1) is 22.4. The average Bonchev–Trinajstić information content (AvgIpc) is 3.37. The molecule has 1 N–H and O–H groups in total. The van der Waals surface area contributed by atoms with Gasteiger partial charge in [-0.1, -0.05) is 0 Å². The van der Waals surface area contributed by atoms with Crippen molar-refractivity contribution in [1.82, 2.24) is 20.0 Å². The Morgan fingerprint density at radius 2 is 2.33 bits per heavy atom. The van der Waals surface area contributed by atoms with Gasteiger partial charge < -0.3 is 19.7 Å². The maximum absolute atomic E-state index is 5.72. The van der Waals surface area contributed by atoms with E-state index in [2.05, 4.69) is 28.4 Å². The monoisotopic (exact) mass is 491 g/mol. The van der Waals surface area contributed by atoms with E-state index in [1.165, 1.54) is 12.0 Å². The molecule has 2 fully saturated rings. The summed E-state index contributed by atoms with van der Waals surface area (Å²) in [7, 11) is 1.97. The van der Waals surface area contributed by atoms with E-state index in [-0.39, 0.29) is 24.0 Å². The maximum atomic E-state index is 5.72. The van der Waals surface area contributed by atoms with Crippen molar-refractivity contribution in [2.45, 2.75) is 38.7 Å². The minimum absolute atomic E-state index is 0. The standard InChI is InChI=1S/C19H33N5O2.HI/c1-3-20-19(21-7-10-25-15-18-5-4-9-26-18)24-8-6-16(14-24)11-17-12-22-23(2)13-17;/h12-13,16,18H,3-11,14-15H2,1-2H3,(H,20,21);1H. The third-order valence-corrected chi connectivity index (χ3v) is 5.03. The van der Waals surface area contributed by atoms with Crippen LogP contribution < -0.4 is 5.32 Å². The predicted molar refractivity (Wildman–Crippen MR) is 118 cm³/mol. The van der Waals surface area contributed by atoms with Gasteiger partial charge in [0.2, 0.25) is 0 Å². The molecule has 0 bridgehead atoms. The molecular formula is C19H34IN5O2. The quantitative estimate of drug-likeness (QED) is 0.261. The van der Waals surface area contributed by atoms with Gasteiger partial charge in [0.25, 0.3) is 0 Å². The van der Waals surface area contributed by atoms with E-state index in [0.717, 1.165) is 51.5 Å². The number of hydrogen-bond acceptors (Lipinski definition) is 4. The van der Waals surface area contributed by atoms with Gasteiger partial charge in [-0.25, -0.2) is 0 Å². The number of ether oxygens (including phenoxy) is 2. The Bertz CT molecular complexity index is 574. The fourth-order valence-corrected chi connectivity index (χ4v) is 3.73. The van der Waals surface area contributed by atoms with Crippen LogP contribution in [0.4, 0.5) is 0 Å². The van der Waals surface area contributed by atoms with Crippen molar-refractivity contribution in [2.75, 3.05) is 46.0 Å². The molecule has 27 heavy (non-hydrogen) atoms. The minimum atomic E-state index is 0. The van der Waals surface area contributed by atoms with Crippen molar-refractivity contribution >= 4 is 29.9 Å². The lowest BCUT2D eigenvalue weighted by Crippen LogP contribution is -2.40. The highest BCUT2D eigenvalue weighted by atomic mass is 127. The lowest BCUT2D eigenvalue weighted by atomic mass is 10.0. The summed E-state index contributed by atoms with van der Waals surface area (Å²) in [5, 5.41) is 7.70. The smallest absolute Gasteiger partial charge is 0.194 e. The molecule has 0 spiro atoms. The van der Waals surface area contributed by atoms with E-state index < -0.39 is 0 Å². The number of nitrogens with one attached hydrogen (secondary N) is 1. The Morgan fingerprint density at radius 3 is 3.04 bits per heavy atom. The number of guanidine groups is 1. The lowest BCUT2D eigenvalue weighted by Gasteiger charge is -2.21. The lowest BCUT2D eigenvalue weighted by molar-refractivity contribution is 0.0199. The zero-order chi connectivity index (χ0) is 18.2. The number of hydrogen-bond donors (Lipinski definition) is 1. The van der Waals surface area contributed by atoms with Crippen molar-refractivity contribution in [3.8, 4) is 0 Å². The summed E-state index contributed by atoms with van der Waals surface area (Å²) in [6.07, 6.45) is 8.97. The minimum Gasteiger partial charge on any atom is -0.377 e. The van der Waals surface area contributed by atoms with Crippen LogP contribution in [-0.2, 0) is 22.9 Å². The fourth-order valence-electron chi connectivity index (χ4n) is 3.73. The summed E-state index contributed by atoms with van der Waals surface area (Å²) >= 11 is 0. The number of aromatic nitrogens is 2. The van der Waals surface area contributed by atoms with Crippen LogP contribution in [0.25, 0.3) is 0 Å². The molecule has 154 valence electrons. The number of aryl methyl sites for hydroxylation is 1. The molecule has 0 aromatic carbocycles. The van der Waals surface area contributed by atoms with E-state index in [4.69, 9.17) is 14.5 Å². The summed E-state index contributed by atoms with van der Waals surface area (Å²) in [6, 6.07) is 0. The van der Waals surface area contributed by atoms with Crippen LogP contribution in [0.5, 0.6) is 0 Å². The van der Waals surface area contributed by atoms with Gasteiger partial charge in [0.15, 0.2) is 5.96 Å². The molecule has 0 amide bonds. The van der Waals surface area contributed by atoms with Gasteiger partial charge in [0.05, 0.1) is 32.1 Å². The van der Waals surface area contributed by atoms with Crippen LogP contribution in [0, 0.1) is 5.92 Å². The Kier molecular flexibility index (Phi) is 9.84. The normalized spacial score (nSPS) is 22.9. The van der Waals surface area contributed by atoms with Crippen molar-refractivity contribution in [2.24, 2.45) is 18.0 Å². The molecular weight excluding hydrogens is 457 g/mol. The van der Waals surface area contributed by atoms with Gasteiger partial charge in [-0.05, 0) is 44.1 Å². The van der Waals surface area contributed by atoms with Gasteiger partial charge >= 0.3 is 0 Å². The van der Waals surface area contributed by atoms with Crippen LogP contribution in [0.1, 0.15) is 31.7 Å². The predicted octanol–water partition coefficient (Wildman–Crippen LogP) is 2.06. The first-order chi connectivity index (χ1) is 12.7. The van der Waals surface area contributed by atoms with Crippen LogP contribution in [0.2, 0.25) is 0 Å². The van der Waals surface area contributed by atoms with Crippen molar-refractivity contribution in [1.29, 1.82) is 0 Å². The van der Waals surface area contributed by atoms with Gasteiger partial charge in [0.1, 0.15) is 0 Å². The summed E-state index contributed by atoms with van der Waals surface area (Å²) in [5.74, 6) is 1.68. The molecule has 0 saturated carbocycles. The van der Waals surface area contributed by atoms with E-state index in [0.29, 0.717) is 31.8 Å². The maximum Gasteiger partial charge on any atom is 0.194 e. The molecule has 2 unspecified atom stereocenters. The molecule has 8 heteroatoms. The molecule has 1 aromatic heterocycles.